The lowest BCUT2D eigenvalue weighted by molar-refractivity contribution is 0.622. The smallest absolute Gasteiger partial charge is 0.151 e. The van der Waals surface area contributed by atoms with Crippen molar-refractivity contribution in [3.05, 3.63) is 53.3 Å². The summed E-state index contributed by atoms with van der Waals surface area (Å²) < 4.78 is 4.67. The second-order valence-electron chi connectivity index (χ2n) is 6.17. The van der Waals surface area contributed by atoms with Crippen molar-refractivity contribution in [2.75, 3.05) is 5.75 Å². The van der Waals surface area contributed by atoms with Crippen LogP contribution in [0, 0.1) is 0 Å². The van der Waals surface area contributed by atoms with Gasteiger partial charge in [0.15, 0.2) is 4.34 Å². The van der Waals surface area contributed by atoms with Gasteiger partial charge in [0.05, 0.1) is 21.3 Å². The molecule has 0 aliphatic carbocycles. The van der Waals surface area contributed by atoms with Crippen molar-refractivity contribution in [1.29, 1.82) is 0 Å². The first-order valence-electron chi connectivity index (χ1n) is 8.87. The highest BCUT2D eigenvalue weighted by atomic mass is 35.5. The second-order valence-corrected chi connectivity index (χ2v) is 8.98. The number of unbranched alkanes of at least 4 members (excludes halogenated alkanes) is 1. The van der Waals surface area contributed by atoms with Gasteiger partial charge in [-0.1, -0.05) is 42.4 Å². The van der Waals surface area contributed by atoms with Crippen LogP contribution >= 0.6 is 34.7 Å². The number of halogens is 1. The summed E-state index contributed by atoms with van der Waals surface area (Å²) >= 11 is 9.62. The van der Waals surface area contributed by atoms with E-state index in [1.165, 1.54) is 11.3 Å². The Morgan fingerprint density at radius 2 is 1.96 bits per heavy atom. The number of benzene rings is 2. The summed E-state index contributed by atoms with van der Waals surface area (Å²) in [5, 5.41) is 0.775. The molecule has 0 saturated heterocycles. The zero-order chi connectivity index (χ0) is 17.9. The lowest BCUT2D eigenvalue weighted by Gasteiger charge is -2.07. The zero-order valence-corrected chi connectivity index (χ0v) is 17.0. The van der Waals surface area contributed by atoms with E-state index in [2.05, 4.69) is 40.7 Å². The van der Waals surface area contributed by atoms with E-state index in [9.17, 15) is 0 Å². The maximum Gasteiger partial charge on any atom is 0.151 e. The fourth-order valence-electron chi connectivity index (χ4n) is 3.12. The summed E-state index contributed by atoms with van der Waals surface area (Å²) in [5.74, 6) is 2.27. The molecule has 0 spiro atoms. The lowest BCUT2D eigenvalue weighted by Crippen LogP contribution is -2.03. The molecule has 0 radical (unpaired) electrons. The van der Waals surface area contributed by atoms with Crippen LogP contribution in [0.1, 0.15) is 25.6 Å². The first-order valence-corrected chi connectivity index (χ1v) is 11.1. The molecule has 6 heteroatoms. The van der Waals surface area contributed by atoms with E-state index in [4.69, 9.17) is 16.6 Å². The number of aryl methyl sites for hydroxylation is 2. The Bertz CT molecular complexity index is 1040. The van der Waals surface area contributed by atoms with E-state index >= 15 is 0 Å². The van der Waals surface area contributed by atoms with Gasteiger partial charge in [0.1, 0.15) is 5.82 Å². The Labute approximate surface area is 166 Å². The molecule has 2 heterocycles. The molecule has 0 aliphatic heterocycles. The van der Waals surface area contributed by atoms with Crippen LogP contribution < -0.4 is 0 Å². The maximum absolute atomic E-state index is 6.05. The van der Waals surface area contributed by atoms with E-state index in [1.807, 2.05) is 30.0 Å². The van der Waals surface area contributed by atoms with E-state index in [0.29, 0.717) is 0 Å². The summed E-state index contributed by atoms with van der Waals surface area (Å²) in [4.78, 5) is 9.42. The molecule has 0 fully saturated rings. The van der Waals surface area contributed by atoms with Gasteiger partial charge >= 0.3 is 0 Å². The molecule has 134 valence electrons. The Morgan fingerprint density at radius 3 is 2.85 bits per heavy atom. The minimum Gasteiger partial charge on any atom is -0.328 e. The molecule has 0 aliphatic rings. The quantitative estimate of drug-likeness (QED) is 0.264. The van der Waals surface area contributed by atoms with E-state index in [0.717, 1.165) is 56.7 Å². The SMILES string of the molecule is CCc1nc2ccccc2n1CCCCSc1nc2ccc(Cl)cc2s1. The molecular formula is C20H20ClN3S2. The first-order chi connectivity index (χ1) is 12.7. The summed E-state index contributed by atoms with van der Waals surface area (Å²) in [5.41, 5.74) is 3.39. The van der Waals surface area contributed by atoms with Gasteiger partial charge in [-0.3, -0.25) is 0 Å². The molecular weight excluding hydrogens is 382 g/mol. The molecule has 26 heavy (non-hydrogen) atoms. The predicted octanol–water partition coefficient (Wildman–Crippen LogP) is 6.43. The summed E-state index contributed by atoms with van der Waals surface area (Å²) in [7, 11) is 0. The van der Waals surface area contributed by atoms with Crippen LogP contribution in [0.3, 0.4) is 0 Å². The molecule has 2 aromatic heterocycles. The number of nitrogens with zero attached hydrogens (tertiary/aromatic N) is 3. The minimum atomic E-state index is 0.775. The van der Waals surface area contributed by atoms with E-state index in [-0.39, 0.29) is 0 Å². The monoisotopic (exact) mass is 401 g/mol. The Kier molecular flexibility index (Phi) is 5.48. The van der Waals surface area contributed by atoms with Crippen molar-refractivity contribution in [2.45, 2.75) is 37.1 Å². The van der Waals surface area contributed by atoms with Crippen LogP contribution in [0.5, 0.6) is 0 Å². The molecule has 0 amide bonds. The average Bonchev–Trinajstić information content (AvgIpc) is 3.21. The van der Waals surface area contributed by atoms with Crippen molar-refractivity contribution < 1.29 is 0 Å². The molecule has 0 atom stereocenters. The van der Waals surface area contributed by atoms with Crippen molar-refractivity contribution in [3.63, 3.8) is 0 Å². The number of fused-ring (bicyclic) bond motifs is 2. The van der Waals surface area contributed by atoms with Crippen LogP contribution in [-0.2, 0) is 13.0 Å². The van der Waals surface area contributed by atoms with Crippen LogP contribution in [0.15, 0.2) is 46.8 Å². The molecule has 3 nitrogen and oxygen atoms in total. The fraction of sp³-hybridized carbons (Fsp3) is 0.300. The highest BCUT2D eigenvalue weighted by molar-refractivity contribution is 8.01. The number of thiazole rings is 1. The van der Waals surface area contributed by atoms with E-state index in [1.54, 1.807) is 11.3 Å². The lowest BCUT2D eigenvalue weighted by atomic mass is 10.3. The molecule has 4 aromatic rings. The number of rotatable bonds is 7. The minimum absolute atomic E-state index is 0.775. The third kappa shape index (κ3) is 3.75. The maximum atomic E-state index is 6.05. The van der Waals surface area contributed by atoms with Gasteiger partial charge in [-0.05, 0) is 43.2 Å². The fourth-order valence-corrected chi connectivity index (χ4v) is 5.53. The highest BCUT2D eigenvalue weighted by Crippen LogP contribution is 2.31. The molecule has 0 saturated carbocycles. The molecule has 0 N–H and O–H groups in total. The number of imidazole rings is 1. The molecule has 0 unspecified atom stereocenters. The van der Waals surface area contributed by atoms with Gasteiger partial charge in [-0.25, -0.2) is 9.97 Å². The van der Waals surface area contributed by atoms with Gasteiger partial charge in [-0.2, -0.15) is 0 Å². The molecule has 2 aromatic carbocycles. The van der Waals surface area contributed by atoms with Crippen LogP contribution in [0.25, 0.3) is 21.3 Å². The van der Waals surface area contributed by atoms with Crippen LogP contribution in [0.4, 0.5) is 0 Å². The summed E-state index contributed by atoms with van der Waals surface area (Å²) in [6, 6.07) is 14.3. The molecule has 0 bridgehead atoms. The second kappa shape index (κ2) is 7.99. The topological polar surface area (TPSA) is 30.7 Å². The van der Waals surface area contributed by atoms with Gasteiger partial charge < -0.3 is 4.57 Å². The first kappa shape index (κ1) is 17.8. The number of aromatic nitrogens is 3. The third-order valence-corrected chi connectivity index (χ3v) is 6.86. The standard InChI is InChI=1S/C20H20ClN3S2/c1-2-19-22-15-7-3-4-8-17(15)24(19)11-5-6-12-25-20-23-16-10-9-14(21)13-18(16)26-20/h3-4,7-10,13H,2,5-6,11-12H2,1H3. The average molecular weight is 402 g/mol. The molecule has 4 rings (SSSR count). The van der Waals surface area contributed by atoms with Crippen molar-refractivity contribution in [3.8, 4) is 0 Å². The third-order valence-electron chi connectivity index (χ3n) is 4.38. The van der Waals surface area contributed by atoms with E-state index < -0.39 is 0 Å². The number of hydrogen-bond acceptors (Lipinski definition) is 4. The van der Waals surface area contributed by atoms with Crippen LogP contribution in [0.2, 0.25) is 5.02 Å². The number of hydrogen-bond donors (Lipinski definition) is 0. The Morgan fingerprint density at radius 1 is 1.08 bits per heavy atom. The Balaban J connectivity index is 1.34. The number of para-hydroxylation sites is 2. The van der Waals surface area contributed by atoms with Gasteiger partial charge in [0, 0.05) is 23.7 Å². The normalized spacial score (nSPS) is 11.6. The number of thioether (sulfide) groups is 1. The summed E-state index contributed by atoms with van der Waals surface area (Å²) in [6.45, 7) is 3.20. The van der Waals surface area contributed by atoms with Crippen molar-refractivity contribution in [2.24, 2.45) is 0 Å². The van der Waals surface area contributed by atoms with Gasteiger partial charge in [0.2, 0.25) is 0 Å². The van der Waals surface area contributed by atoms with Crippen molar-refractivity contribution >= 4 is 55.9 Å². The van der Waals surface area contributed by atoms with Crippen molar-refractivity contribution in [1.82, 2.24) is 14.5 Å². The largest absolute Gasteiger partial charge is 0.328 e. The van der Waals surface area contributed by atoms with Gasteiger partial charge in [0.25, 0.3) is 0 Å². The van der Waals surface area contributed by atoms with Gasteiger partial charge in [-0.15, -0.1) is 11.3 Å². The van der Waals surface area contributed by atoms with Crippen LogP contribution in [-0.4, -0.2) is 20.3 Å². The Hall–Kier alpha value is -1.56. The zero-order valence-electron chi connectivity index (χ0n) is 14.6. The highest BCUT2D eigenvalue weighted by Gasteiger charge is 2.09. The summed E-state index contributed by atoms with van der Waals surface area (Å²) in [6.07, 6.45) is 3.28. The predicted molar refractivity (Wildman–Crippen MR) is 114 cm³/mol.